The molecule has 0 saturated carbocycles. The van der Waals surface area contributed by atoms with E-state index in [1.807, 2.05) is 13.8 Å². The molecule has 0 bridgehead atoms. The Kier molecular flexibility index (Phi) is 10.7. The topological polar surface area (TPSA) is 0 Å². The standard InChI is InChI=1S/C16H20.C12H18.C2H6.CH4/c1-11-10-15(16(3,4)5)14-9-7-6-8-13(14)12(11)2;1-9-6-7-11(8-10(9)2)12(3,4)5;1-2;/h6-10H,1-5H3;6-8H,1-5H3;1-2H3;1H4. The lowest BCUT2D eigenvalue weighted by Gasteiger charge is -2.23. The molecule has 0 fully saturated rings. The maximum Gasteiger partial charge on any atom is -0.0126 e. The van der Waals surface area contributed by atoms with E-state index >= 15 is 0 Å². The number of benzene rings is 3. The minimum absolute atomic E-state index is 0. The van der Waals surface area contributed by atoms with Crippen molar-refractivity contribution in [1.82, 2.24) is 0 Å². The Morgan fingerprint density at radius 1 is 0.548 bits per heavy atom. The molecule has 0 spiro atoms. The van der Waals surface area contributed by atoms with Crippen molar-refractivity contribution < 1.29 is 0 Å². The lowest BCUT2D eigenvalue weighted by atomic mass is 9.81. The summed E-state index contributed by atoms with van der Waals surface area (Å²) in [7, 11) is 0. The lowest BCUT2D eigenvalue weighted by molar-refractivity contribution is 0.589. The fourth-order valence-corrected chi connectivity index (χ4v) is 3.49. The summed E-state index contributed by atoms with van der Waals surface area (Å²) in [6.45, 7) is 26.3. The van der Waals surface area contributed by atoms with Crippen molar-refractivity contribution in [2.45, 2.75) is 101 Å². The van der Waals surface area contributed by atoms with Gasteiger partial charge in [0, 0.05) is 0 Å². The summed E-state index contributed by atoms with van der Waals surface area (Å²) in [6.07, 6.45) is 0. The zero-order valence-corrected chi connectivity index (χ0v) is 21.6. The minimum atomic E-state index is 0. The Bertz CT molecular complexity index is 960. The molecule has 0 aromatic heterocycles. The molecular weight excluding hydrogens is 372 g/mol. The maximum atomic E-state index is 2.34. The van der Waals surface area contributed by atoms with Crippen LogP contribution in [0.4, 0.5) is 0 Å². The molecule has 0 saturated heterocycles. The van der Waals surface area contributed by atoms with Crippen LogP contribution in [0.3, 0.4) is 0 Å². The third kappa shape index (κ3) is 7.53. The van der Waals surface area contributed by atoms with Crippen molar-refractivity contribution in [1.29, 1.82) is 0 Å². The first-order chi connectivity index (χ1) is 13.8. The van der Waals surface area contributed by atoms with E-state index in [9.17, 15) is 0 Å². The van der Waals surface area contributed by atoms with Gasteiger partial charge in [0.25, 0.3) is 0 Å². The second-order valence-corrected chi connectivity index (χ2v) is 10.2. The molecule has 0 atom stereocenters. The molecule has 0 heteroatoms. The van der Waals surface area contributed by atoms with Crippen molar-refractivity contribution in [3.8, 4) is 0 Å². The fourth-order valence-electron chi connectivity index (χ4n) is 3.49. The zero-order chi connectivity index (χ0) is 23.3. The van der Waals surface area contributed by atoms with Crippen LogP contribution in [0.5, 0.6) is 0 Å². The van der Waals surface area contributed by atoms with E-state index in [0.717, 1.165) is 0 Å². The summed E-state index contributed by atoms with van der Waals surface area (Å²) in [5.74, 6) is 0. The molecule has 0 radical (unpaired) electrons. The average Bonchev–Trinajstić information content (AvgIpc) is 2.67. The third-order valence-electron chi connectivity index (χ3n) is 5.75. The highest BCUT2D eigenvalue weighted by Gasteiger charge is 2.18. The first-order valence-corrected chi connectivity index (χ1v) is 11.4. The summed E-state index contributed by atoms with van der Waals surface area (Å²) in [6, 6.07) is 17.8. The smallest absolute Gasteiger partial charge is 0.0126 e. The maximum absolute atomic E-state index is 2.34. The van der Waals surface area contributed by atoms with Crippen LogP contribution in [0.15, 0.2) is 48.5 Å². The number of hydrogen-bond acceptors (Lipinski definition) is 0. The van der Waals surface area contributed by atoms with E-state index in [1.165, 1.54) is 44.2 Å². The summed E-state index contributed by atoms with van der Waals surface area (Å²) < 4.78 is 0. The first kappa shape index (κ1) is 28.9. The second-order valence-electron chi connectivity index (χ2n) is 10.2. The van der Waals surface area contributed by atoms with E-state index in [-0.39, 0.29) is 18.3 Å². The molecule has 0 heterocycles. The van der Waals surface area contributed by atoms with E-state index in [2.05, 4.69) is 118 Å². The Balaban J connectivity index is 0.000000540. The van der Waals surface area contributed by atoms with Crippen LogP contribution in [0.25, 0.3) is 10.8 Å². The molecule has 0 amide bonds. The summed E-state index contributed by atoms with van der Waals surface area (Å²) in [5, 5.41) is 2.80. The normalized spacial score (nSPS) is 11.0. The van der Waals surface area contributed by atoms with Crippen molar-refractivity contribution in [3.63, 3.8) is 0 Å². The second kappa shape index (κ2) is 11.5. The highest BCUT2D eigenvalue weighted by molar-refractivity contribution is 5.90. The van der Waals surface area contributed by atoms with Gasteiger partial charge in [-0.25, -0.2) is 0 Å². The van der Waals surface area contributed by atoms with Gasteiger partial charge in [-0.1, -0.05) is 111 Å². The summed E-state index contributed by atoms with van der Waals surface area (Å²) in [5.41, 5.74) is 8.92. The largest absolute Gasteiger partial charge is 0.0776 e. The fraction of sp³-hybridized carbons (Fsp3) is 0.484. The molecule has 0 unspecified atom stereocenters. The van der Waals surface area contributed by atoms with Crippen LogP contribution >= 0.6 is 0 Å². The SMILES string of the molecule is C.CC.Cc1cc(C(C)(C)C)c2ccccc2c1C.Cc1ccc(C(C)(C)C)cc1C. The van der Waals surface area contributed by atoms with Gasteiger partial charge in [0.05, 0.1) is 0 Å². The summed E-state index contributed by atoms with van der Waals surface area (Å²) in [4.78, 5) is 0. The van der Waals surface area contributed by atoms with Crippen LogP contribution < -0.4 is 0 Å². The first-order valence-electron chi connectivity index (χ1n) is 11.4. The van der Waals surface area contributed by atoms with Crippen LogP contribution in [-0.4, -0.2) is 0 Å². The van der Waals surface area contributed by atoms with E-state index < -0.39 is 0 Å². The van der Waals surface area contributed by atoms with Gasteiger partial charge < -0.3 is 0 Å². The Morgan fingerprint density at radius 2 is 1.06 bits per heavy atom. The van der Waals surface area contributed by atoms with Crippen molar-refractivity contribution in [2.75, 3.05) is 0 Å². The third-order valence-corrected chi connectivity index (χ3v) is 5.75. The van der Waals surface area contributed by atoms with Crippen molar-refractivity contribution in [3.05, 3.63) is 81.9 Å². The van der Waals surface area contributed by atoms with E-state index in [4.69, 9.17) is 0 Å². The van der Waals surface area contributed by atoms with Crippen molar-refractivity contribution >= 4 is 10.8 Å². The monoisotopic (exact) mass is 420 g/mol. The van der Waals surface area contributed by atoms with Gasteiger partial charge in [-0.05, 0) is 82.7 Å². The Hall–Kier alpha value is -2.08. The quantitative estimate of drug-likeness (QED) is 0.339. The molecular formula is C31H48. The van der Waals surface area contributed by atoms with Gasteiger partial charge in [0.1, 0.15) is 0 Å². The van der Waals surface area contributed by atoms with Crippen LogP contribution in [0, 0.1) is 27.7 Å². The number of hydrogen-bond donors (Lipinski definition) is 0. The predicted octanol–water partition coefficient (Wildman–Crippen LogP) is 10.0. The van der Waals surface area contributed by atoms with E-state index in [0.29, 0.717) is 0 Å². The molecule has 0 aliphatic heterocycles. The van der Waals surface area contributed by atoms with Gasteiger partial charge >= 0.3 is 0 Å². The van der Waals surface area contributed by atoms with Crippen molar-refractivity contribution in [2.24, 2.45) is 0 Å². The lowest BCUT2D eigenvalue weighted by Crippen LogP contribution is -2.12. The Labute approximate surface area is 194 Å². The van der Waals surface area contributed by atoms with Crippen LogP contribution in [0.1, 0.15) is 96.2 Å². The van der Waals surface area contributed by atoms with Gasteiger partial charge in [-0.2, -0.15) is 0 Å². The number of fused-ring (bicyclic) bond motifs is 1. The van der Waals surface area contributed by atoms with Crippen LogP contribution in [-0.2, 0) is 10.8 Å². The molecule has 31 heavy (non-hydrogen) atoms. The average molecular weight is 421 g/mol. The van der Waals surface area contributed by atoms with Gasteiger partial charge in [0.15, 0.2) is 0 Å². The highest BCUT2D eigenvalue weighted by atomic mass is 14.2. The zero-order valence-electron chi connectivity index (χ0n) is 21.6. The van der Waals surface area contributed by atoms with Gasteiger partial charge in [0.2, 0.25) is 0 Å². The minimum Gasteiger partial charge on any atom is -0.0776 e. The molecule has 3 aromatic rings. The number of rotatable bonds is 0. The summed E-state index contributed by atoms with van der Waals surface area (Å²) >= 11 is 0. The molecule has 0 aliphatic carbocycles. The molecule has 0 aliphatic rings. The number of aryl methyl sites for hydroxylation is 4. The Morgan fingerprint density at radius 3 is 1.52 bits per heavy atom. The molecule has 0 nitrogen and oxygen atoms in total. The predicted molar refractivity (Wildman–Crippen MR) is 145 cm³/mol. The van der Waals surface area contributed by atoms with Gasteiger partial charge in [-0.3, -0.25) is 0 Å². The molecule has 172 valence electrons. The van der Waals surface area contributed by atoms with E-state index in [1.54, 1.807) is 0 Å². The molecule has 3 rings (SSSR count). The molecule has 0 N–H and O–H groups in total. The van der Waals surface area contributed by atoms with Crippen LogP contribution in [0.2, 0.25) is 0 Å². The highest BCUT2D eigenvalue weighted by Crippen LogP contribution is 2.33. The molecule has 3 aromatic carbocycles. The van der Waals surface area contributed by atoms with Gasteiger partial charge in [-0.15, -0.1) is 0 Å².